The summed E-state index contributed by atoms with van der Waals surface area (Å²) >= 11 is 0. The third kappa shape index (κ3) is 3.18. The van der Waals surface area contributed by atoms with E-state index in [1.807, 2.05) is 36.5 Å². The molecular weight excluding hydrogens is 292 g/mol. The summed E-state index contributed by atoms with van der Waals surface area (Å²) in [5.41, 5.74) is 7.73. The maximum atomic E-state index is 12.4. The lowest BCUT2D eigenvalue weighted by molar-refractivity contribution is 0.0780. The van der Waals surface area contributed by atoms with E-state index in [1.165, 1.54) is 17.3 Å². The molecule has 0 unspecified atom stereocenters. The van der Waals surface area contributed by atoms with Crippen LogP contribution in [0, 0.1) is 0 Å². The van der Waals surface area contributed by atoms with Crippen LogP contribution in [-0.2, 0) is 6.54 Å². The van der Waals surface area contributed by atoms with Gasteiger partial charge in [-0.25, -0.2) is 14.6 Å². The summed E-state index contributed by atoms with van der Waals surface area (Å²) in [6.07, 6.45) is 6.52. The molecule has 0 aliphatic carbocycles. The van der Waals surface area contributed by atoms with Gasteiger partial charge in [-0.15, -0.1) is 0 Å². The molecule has 0 aliphatic heterocycles. The van der Waals surface area contributed by atoms with Crippen LogP contribution in [0.2, 0.25) is 0 Å². The van der Waals surface area contributed by atoms with E-state index in [1.54, 1.807) is 17.9 Å². The van der Waals surface area contributed by atoms with Crippen LogP contribution < -0.4 is 5.73 Å². The molecule has 2 aromatic heterocycles. The second-order valence-electron chi connectivity index (χ2n) is 5.08. The first-order valence-corrected chi connectivity index (χ1v) is 7.06. The molecule has 2 N–H and O–H groups in total. The first-order valence-electron chi connectivity index (χ1n) is 7.06. The predicted molar refractivity (Wildman–Crippen MR) is 85.8 cm³/mol. The molecule has 1 aromatic carbocycles. The van der Waals surface area contributed by atoms with Crippen LogP contribution in [0.5, 0.6) is 0 Å². The average molecular weight is 308 g/mol. The topological polar surface area (TPSA) is 89.9 Å². The molecule has 0 saturated carbocycles. The predicted octanol–water partition coefficient (Wildman–Crippen LogP) is 1.52. The number of rotatable bonds is 4. The lowest BCUT2D eigenvalue weighted by Crippen LogP contribution is -2.28. The molecule has 1 amide bonds. The minimum absolute atomic E-state index is 0.129. The van der Waals surface area contributed by atoms with Gasteiger partial charge < -0.3 is 10.6 Å². The van der Waals surface area contributed by atoms with E-state index in [2.05, 4.69) is 15.1 Å². The molecule has 3 aromatic rings. The first kappa shape index (κ1) is 14.7. The zero-order chi connectivity index (χ0) is 16.2. The quantitative estimate of drug-likeness (QED) is 0.789. The van der Waals surface area contributed by atoms with Crippen molar-refractivity contribution in [2.75, 3.05) is 12.8 Å². The fraction of sp³-hybridized carbons (Fsp3) is 0.125. The lowest BCUT2D eigenvalue weighted by atomic mass is 10.3. The summed E-state index contributed by atoms with van der Waals surface area (Å²) in [5, 5.41) is 4.32. The highest BCUT2D eigenvalue weighted by atomic mass is 16.2. The minimum atomic E-state index is -0.275. The molecule has 0 spiro atoms. The van der Waals surface area contributed by atoms with Gasteiger partial charge in [-0.1, -0.05) is 18.2 Å². The van der Waals surface area contributed by atoms with Crippen molar-refractivity contribution in [1.82, 2.24) is 24.6 Å². The second-order valence-corrected chi connectivity index (χ2v) is 5.08. The minimum Gasteiger partial charge on any atom is -0.382 e. The number of carbonyl (C=O) groups is 1. The summed E-state index contributed by atoms with van der Waals surface area (Å²) in [7, 11) is 1.69. The number of amides is 1. The summed E-state index contributed by atoms with van der Waals surface area (Å²) < 4.78 is 1.77. The van der Waals surface area contributed by atoms with Crippen LogP contribution in [-0.4, -0.2) is 37.6 Å². The number of aromatic nitrogens is 4. The Balaban J connectivity index is 1.74. The summed E-state index contributed by atoms with van der Waals surface area (Å²) in [4.78, 5) is 21.8. The van der Waals surface area contributed by atoms with Crippen molar-refractivity contribution in [1.29, 1.82) is 0 Å². The van der Waals surface area contributed by atoms with Gasteiger partial charge in [0.2, 0.25) is 0 Å². The van der Waals surface area contributed by atoms with Gasteiger partial charge in [0, 0.05) is 37.7 Å². The maximum absolute atomic E-state index is 12.4. The Labute approximate surface area is 133 Å². The molecule has 0 radical (unpaired) electrons. The van der Waals surface area contributed by atoms with E-state index >= 15 is 0 Å². The Bertz CT molecular complexity index is 814. The second kappa shape index (κ2) is 6.27. The van der Waals surface area contributed by atoms with E-state index < -0.39 is 0 Å². The first-order chi connectivity index (χ1) is 11.1. The average Bonchev–Trinajstić information content (AvgIpc) is 3.04. The SMILES string of the molecule is CN(Cc1cnn(-c2ccccc2)c1)C(=O)c1nccnc1N. The van der Waals surface area contributed by atoms with Crippen LogP contribution in [0.15, 0.2) is 55.1 Å². The largest absolute Gasteiger partial charge is 0.382 e. The maximum Gasteiger partial charge on any atom is 0.276 e. The smallest absolute Gasteiger partial charge is 0.276 e. The highest BCUT2D eigenvalue weighted by molar-refractivity contribution is 5.96. The third-order valence-electron chi connectivity index (χ3n) is 3.35. The standard InChI is InChI=1S/C16H16N6O/c1-21(16(23)14-15(17)19-8-7-18-14)10-12-9-20-22(11-12)13-5-3-2-4-6-13/h2-9,11H,10H2,1H3,(H2,17,19). The van der Waals surface area contributed by atoms with Crippen molar-refractivity contribution in [3.63, 3.8) is 0 Å². The van der Waals surface area contributed by atoms with E-state index in [9.17, 15) is 4.79 Å². The number of nitrogens with zero attached hydrogens (tertiary/aromatic N) is 5. The molecule has 7 heteroatoms. The van der Waals surface area contributed by atoms with Crippen molar-refractivity contribution in [2.24, 2.45) is 0 Å². The Morgan fingerprint density at radius 2 is 1.96 bits per heavy atom. The number of benzene rings is 1. The van der Waals surface area contributed by atoms with E-state index in [-0.39, 0.29) is 17.4 Å². The van der Waals surface area contributed by atoms with Crippen molar-refractivity contribution in [2.45, 2.75) is 6.54 Å². The highest BCUT2D eigenvalue weighted by Crippen LogP contribution is 2.12. The van der Waals surface area contributed by atoms with Gasteiger partial charge in [-0.3, -0.25) is 4.79 Å². The Kier molecular flexibility index (Phi) is 4.01. The molecule has 2 heterocycles. The fourth-order valence-electron chi connectivity index (χ4n) is 2.20. The van der Waals surface area contributed by atoms with Gasteiger partial charge >= 0.3 is 0 Å². The fourth-order valence-corrected chi connectivity index (χ4v) is 2.20. The molecule has 0 fully saturated rings. The molecule has 3 rings (SSSR count). The van der Waals surface area contributed by atoms with Crippen molar-refractivity contribution >= 4 is 11.7 Å². The molecule has 0 aliphatic rings. The third-order valence-corrected chi connectivity index (χ3v) is 3.35. The highest BCUT2D eigenvalue weighted by Gasteiger charge is 2.17. The van der Waals surface area contributed by atoms with E-state index in [0.717, 1.165) is 11.3 Å². The van der Waals surface area contributed by atoms with E-state index in [0.29, 0.717) is 6.54 Å². The molecular formula is C16H16N6O. The summed E-state index contributed by atoms with van der Waals surface area (Å²) in [5.74, 6) is -0.146. The summed E-state index contributed by atoms with van der Waals surface area (Å²) in [6, 6.07) is 9.77. The van der Waals surface area contributed by atoms with Crippen LogP contribution >= 0.6 is 0 Å². The molecule has 0 bridgehead atoms. The molecule has 0 saturated heterocycles. The molecule has 23 heavy (non-hydrogen) atoms. The summed E-state index contributed by atoms with van der Waals surface area (Å²) in [6.45, 7) is 0.404. The number of para-hydroxylation sites is 1. The van der Waals surface area contributed by atoms with Crippen molar-refractivity contribution < 1.29 is 4.79 Å². The number of anilines is 1. The van der Waals surface area contributed by atoms with Gasteiger partial charge in [-0.05, 0) is 12.1 Å². The van der Waals surface area contributed by atoms with E-state index in [4.69, 9.17) is 5.73 Å². The molecule has 0 atom stereocenters. The van der Waals surface area contributed by atoms with Crippen LogP contribution in [0.1, 0.15) is 16.1 Å². The monoisotopic (exact) mass is 308 g/mol. The number of nitrogens with two attached hydrogens (primary N) is 1. The lowest BCUT2D eigenvalue weighted by Gasteiger charge is -2.16. The Morgan fingerprint density at radius 3 is 2.70 bits per heavy atom. The van der Waals surface area contributed by atoms with Crippen molar-refractivity contribution in [3.8, 4) is 5.69 Å². The Hall–Kier alpha value is -3.22. The number of nitrogen functional groups attached to an aromatic ring is 1. The van der Waals surface area contributed by atoms with Gasteiger partial charge in [-0.2, -0.15) is 5.10 Å². The molecule has 116 valence electrons. The van der Waals surface area contributed by atoms with Crippen molar-refractivity contribution in [3.05, 3.63) is 66.4 Å². The number of carbonyl (C=O) groups excluding carboxylic acids is 1. The normalized spacial score (nSPS) is 10.5. The van der Waals surface area contributed by atoms with Crippen LogP contribution in [0.25, 0.3) is 5.69 Å². The number of hydrogen-bond acceptors (Lipinski definition) is 5. The molecule has 7 nitrogen and oxygen atoms in total. The van der Waals surface area contributed by atoms with Crippen LogP contribution in [0.3, 0.4) is 0 Å². The van der Waals surface area contributed by atoms with Crippen LogP contribution in [0.4, 0.5) is 5.82 Å². The zero-order valence-corrected chi connectivity index (χ0v) is 12.6. The Morgan fingerprint density at radius 1 is 1.22 bits per heavy atom. The van der Waals surface area contributed by atoms with Gasteiger partial charge in [0.15, 0.2) is 11.5 Å². The zero-order valence-electron chi connectivity index (χ0n) is 12.6. The number of hydrogen-bond donors (Lipinski definition) is 1. The van der Waals surface area contributed by atoms with Gasteiger partial charge in [0.1, 0.15) is 0 Å². The van der Waals surface area contributed by atoms with Gasteiger partial charge in [0.05, 0.1) is 11.9 Å². The van der Waals surface area contributed by atoms with Gasteiger partial charge in [0.25, 0.3) is 5.91 Å².